The number of aryl methyl sites for hydroxylation is 1. The molecule has 0 heterocycles. The summed E-state index contributed by atoms with van der Waals surface area (Å²) in [5.74, 6) is -0.603. The molecule has 0 atom stereocenters. The van der Waals surface area contributed by atoms with Gasteiger partial charge < -0.3 is 10.6 Å². The van der Waals surface area contributed by atoms with Gasteiger partial charge in [0.2, 0.25) is 11.8 Å². The van der Waals surface area contributed by atoms with Crippen LogP contribution in [-0.2, 0) is 19.4 Å². The third kappa shape index (κ3) is 7.16. The minimum absolute atomic E-state index is 0.0124. The maximum Gasteiger partial charge on any atom is 0.238 e. The smallest absolute Gasteiger partial charge is 0.238 e. The van der Waals surface area contributed by atoms with Gasteiger partial charge in [0, 0.05) is 22.7 Å². The van der Waals surface area contributed by atoms with E-state index in [-0.39, 0.29) is 29.8 Å². The molecule has 0 spiro atoms. The third-order valence-electron chi connectivity index (χ3n) is 4.20. The molecule has 2 aromatic carbocycles. The fourth-order valence-electron chi connectivity index (χ4n) is 2.61. The predicted octanol–water partition coefficient (Wildman–Crippen LogP) is 2.95. The van der Waals surface area contributed by atoms with Crippen LogP contribution < -0.4 is 10.6 Å². The van der Waals surface area contributed by atoms with Crippen LogP contribution in [0.2, 0.25) is 5.02 Å². The van der Waals surface area contributed by atoms with E-state index < -0.39 is 9.84 Å². The van der Waals surface area contributed by atoms with Crippen LogP contribution in [-0.4, -0.2) is 51.0 Å². The lowest BCUT2D eigenvalue weighted by Crippen LogP contribution is -2.38. The molecule has 0 aliphatic heterocycles. The van der Waals surface area contributed by atoms with Crippen molar-refractivity contribution in [2.75, 3.05) is 36.5 Å². The van der Waals surface area contributed by atoms with Crippen LogP contribution >= 0.6 is 11.6 Å². The summed E-state index contributed by atoms with van der Waals surface area (Å²) >= 11 is 5.97. The summed E-state index contributed by atoms with van der Waals surface area (Å²) in [5, 5.41) is 5.99. The summed E-state index contributed by atoms with van der Waals surface area (Å²) in [6.07, 6.45) is 1.10. The highest BCUT2D eigenvalue weighted by molar-refractivity contribution is 7.90. The topological polar surface area (TPSA) is 95.6 Å². The molecule has 0 aromatic heterocycles. The van der Waals surface area contributed by atoms with E-state index in [0.29, 0.717) is 22.9 Å². The third-order valence-corrected chi connectivity index (χ3v) is 5.55. The van der Waals surface area contributed by atoms with Crippen LogP contribution in [0.1, 0.15) is 12.5 Å². The van der Waals surface area contributed by atoms with Gasteiger partial charge in [0.15, 0.2) is 9.84 Å². The summed E-state index contributed by atoms with van der Waals surface area (Å²) < 4.78 is 23.3. The first kappa shape index (κ1) is 22.9. The first-order chi connectivity index (χ1) is 13.6. The fourth-order valence-corrected chi connectivity index (χ4v) is 3.45. The zero-order chi connectivity index (χ0) is 21.6. The van der Waals surface area contributed by atoms with Crippen molar-refractivity contribution in [3.05, 3.63) is 53.1 Å². The normalized spacial score (nSPS) is 11.3. The number of carbonyl (C=O) groups is 2. The number of benzene rings is 2. The predicted molar refractivity (Wildman–Crippen MR) is 115 cm³/mol. The Balaban J connectivity index is 1.96. The van der Waals surface area contributed by atoms with Gasteiger partial charge in [-0.1, -0.05) is 30.7 Å². The SMILES string of the molecule is CCN(CC(=O)Nc1cccc(S(C)(=O)=O)c1)CC(=O)Nc1cc(Cl)ccc1C. The monoisotopic (exact) mass is 437 g/mol. The van der Waals surface area contributed by atoms with E-state index >= 15 is 0 Å². The molecule has 0 unspecified atom stereocenters. The van der Waals surface area contributed by atoms with E-state index in [1.807, 2.05) is 19.9 Å². The lowest BCUT2D eigenvalue weighted by molar-refractivity contribution is -0.119. The van der Waals surface area contributed by atoms with Gasteiger partial charge in [-0.15, -0.1) is 0 Å². The minimum atomic E-state index is -3.37. The van der Waals surface area contributed by atoms with E-state index in [1.54, 1.807) is 29.2 Å². The van der Waals surface area contributed by atoms with Crippen molar-refractivity contribution in [1.29, 1.82) is 0 Å². The van der Waals surface area contributed by atoms with Crippen molar-refractivity contribution in [3.63, 3.8) is 0 Å². The Hall–Kier alpha value is -2.42. The Morgan fingerprint density at radius 2 is 1.69 bits per heavy atom. The van der Waals surface area contributed by atoms with Crippen LogP contribution in [0.15, 0.2) is 47.4 Å². The van der Waals surface area contributed by atoms with Gasteiger partial charge >= 0.3 is 0 Å². The maximum atomic E-state index is 12.3. The van der Waals surface area contributed by atoms with Crippen LogP contribution in [0.4, 0.5) is 11.4 Å². The van der Waals surface area contributed by atoms with E-state index in [2.05, 4.69) is 10.6 Å². The van der Waals surface area contributed by atoms with Gasteiger partial charge in [0.1, 0.15) is 0 Å². The zero-order valence-electron chi connectivity index (χ0n) is 16.5. The molecule has 29 heavy (non-hydrogen) atoms. The molecule has 156 valence electrons. The molecule has 2 rings (SSSR count). The number of nitrogens with one attached hydrogen (secondary N) is 2. The Morgan fingerprint density at radius 3 is 2.31 bits per heavy atom. The summed E-state index contributed by atoms with van der Waals surface area (Å²) in [6, 6.07) is 11.3. The lowest BCUT2D eigenvalue weighted by atomic mass is 10.2. The summed E-state index contributed by atoms with van der Waals surface area (Å²) in [6.45, 7) is 4.20. The van der Waals surface area contributed by atoms with E-state index in [1.165, 1.54) is 12.1 Å². The number of amides is 2. The van der Waals surface area contributed by atoms with Crippen LogP contribution in [0.3, 0.4) is 0 Å². The molecule has 2 N–H and O–H groups in total. The molecule has 9 heteroatoms. The average molecular weight is 438 g/mol. The van der Waals surface area contributed by atoms with E-state index in [4.69, 9.17) is 11.6 Å². The Labute approximate surface area is 176 Å². The van der Waals surface area contributed by atoms with Crippen molar-refractivity contribution in [1.82, 2.24) is 4.90 Å². The average Bonchev–Trinajstić information content (AvgIpc) is 2.63. The van der Waals surface area contributed by atoms with Gasteiger partial charge in [-0.3, -0.25) is 14.5 Å². The molecule has 2 aromatic rings. The van der Waals surface area contributed by atoms with Crippen LogP contribution in [0.25, 0.3) is 0 Å². The van der Waals surface area contributed by atoms with Crippen molar-refractivity contribution in [2.24, 2.45) is 0 Å². The second-order valence-corrected chi connectivity index (χ2v) is 9.11. The Kier molecular flexibility index (Phi) is 7.78. The van der Waals surface area contributed by atoms with Gasteiger partial charge in [-0.2, -0.15) is 0 Å². The first-order valence-corrected chi connectivity index (χ1v) is 11.2. The second-order valence-electron chi connectivity index (χ2n) is 6.66. The van der Waals surface area contributed by atoms with Gasteiger partial charge in [-0.05, 0) is 49.4 Å². The highest BCUT2D eigenvalue weighted by Gasteiger charge is 2.15. The molecule has 7 nitrogen and oxygen atoms in total. The van der Waals surface area contributed by atoms with Crippen LogP contribution in [0, 0.1) is 6.92 Å². The molecule has 0 aliphatic rings. The minimum Gasteiger partial charge on any atom is -0.325 e. The number of carbonyl (C=O) groups excluding carboxylic acids is 2. The largest absolute Gasteiger partial charge is 0.325 e. The number of halogens is 1. The summed E-state index contributed by atoms with van der Waals surface area (Å²) in [4.78, 5) is 26.5. The summed E-state index contributed by atoms with van der Waals surface area (Å²) in [5.41, 5.74) is 1.89. The molecule has 0 bridgehead atoms. The number of hydrogen-bond acceptors (Lipinski definition) is 5. The molecule has 0 aliphatic carbocycles. The number of nitrogens with zero attached hydrogens (tertiary/aromatic N) is 1. The fraction of sp³-hybridized carbons (Fsp3) is 0.300. The molecule has 0 radical (unpaired) electrons. The Morgan fingerprint density at radius 1 is 1.03 bits per heavy atom. The number of hydrogen-bond donors (Lipinski definition) is 2. The van der Waals surface area contributed by atoms with Gasteiger partial charge in [-0.25, -0.2) is 8.42 Å². The van der Waals surface area contributed by atoms with Crippen molar-refractivity contribution in [3.8, 4) is 0 Å². The van der Waals surface area contributed by atoms with Crippen molar-refractivity contribution in [2.45, 2.75) is 18.7 Å². The maximum absolute atomic E-state index is 12.3. The first-order valence-electron chi connectivity index (χ1n) is 8.97. The number of sulfone groups is 1. The van der Waals surface area contributed by atoms with E-state index in [9.17, 15) is 18.0 Å². The molecular formula is C20H24ClN3O4S. The van der Waals surface area contributed by atoms with E-state index in [0.717, 1.165) is 11.8 Å². The zero-order valence-corrected chi connectivity index (χ0v) is 18.1. The van der Waals surface area contributed by atoms with Crippen molar-refractivity contribution < 1.29 is 18.0 Å². The van der Waals surface area contributed by atoms with Gasteiger partial charge in [0.25, 0.3) is 0 Å². The number of rotatable bonds is 8. The number of anilines is 2. The molecular weight excluding hydrogens is 414 g/mol. The molecule has 0 saturated carbocycles. The highest BCUT2D eigenvalue weighted by Crippen LogP contribution is 2.20. The molecule has 0 saturated heterocycles. The molecule has 0 fully saturated rings. The quantitative estimate of drug-likeness (QED) is 0.662. The van der Waals surface area contributed by atoms with Gasteiger partial charge in [0.05, 0.1) is 18.0 Å². The lowest BCUT2D eigenvalue weighted by Gasteiger charge is -2.20. The number of likely N-dealkylation sites (N-methyl/N-ethyl adjacent to an activating group) is 1. The molecule has 2 amide bonds. The summed E-state index contributed by atoms with van der Waals surface area (Å²) in [7, 11) is -3.37. The highest BCUT2D eigenvalue weighted by atomic mass is 35.5. The van der Waals surface area contributed by atoms with Crippen LogP contribution in [0.5, 0.6) is 0 Å². The Bertz CT molecular complexity index is 1010. The second kappa shape index (κ2) is 9.87. The van der Waals surface area contributed by atoms with Crippen molar-refractivity contribution >= 4 is 44.6 Å². The standard InChI is InChI=1S/C20H24ClN3O4S/c1-4-24(13-20(26)23-18-10-15(21)9-8-14(18)2)12-19(25)22-16-6-5-7-17(11-16)29(3,27)28/h5-11H,4,12-13H2,1-3H3,(H,22,25)(H,23,26).